The van der Waals surface area contributed by atoms with Crippen LogP contribution in [0.15, 0.2) is 12.3 Å². The zero-order valence-electron chi connectivity index (χ0n) is 16.8. The molecule has 1 spiro atoms. The van der Waals surface area contributed by atoms with Crippen LogP contribution in [0.5, 0.6) is 0 Å². The van der Waals surface area contributed by atoms with Crippen molar-refractivity contribution in [1.29, 1.82) is 5.41 Å². The molecule has 160 valence electrons. The zero-order valence-corrected chi connectivity index (χ0v) is 18.4. The zero-order chi connectivity index (χ0) is 21.3. The molecule has 0 unspecified atom stereocenters. The lowest BCUT2D eigenvalue weighted by Crippen LogP contribution is -2.41. The molecule has 2 fully saturated rings. The van der Waals surface area contributed by atoms with Gasteiger partial charge >= 0.3 is 0 Å². The van der Waals surface area contributed by atoms with Crippen molar-refractivity contribution < 1.29 is 4.74 Å². The smallest absolute Gasteiger partial charge is 0.172 e. The lowest BCUT2D eigenvalue weighted by Gasteiger charge is -2.39. The number of piperidine rings is 1. The molecule has 2 aliphatic heterocycles. The third kappa shape index (κ3) is 3.91. The Balaban J connectivity index is 1.58. The van der Waals surface area contributed by atoms with Gasteiger partial charge in [0.25, 0.3) is 0 Å². The van der Waals surface area contributed by atoms with Gasteiger partial charge in [0.2, 0.25) is 0 Å². The number of ether oxygens (including phenoxy) is 1. The minimum Gasteiger partial charge on any atom is -0.382 e. The topological polar surface area (TPSA) is 113 Å². The summed E-state index contributed by atoms with van der Waals surface area (Å²) in [7, 11) is 0. The van der Waals surface area contributed by atoms with Gasteiger partial charge in [-0.3, -0.25) is 5.41 Å². The van der Waals surface area contributed by atoms with Crippen molar-refractivity contribution in [3.8, 4) is 0 Å². The molecule has 2 aromatic rings. The summed E-state index contributed by atoms with van der Waals surface area (Å²) in [5.41, 5.74) is 7.22. The van der Waals surface area contributed by atoms with E-state index in [4.69, 9.17) is 39.1 Å². The first-order valence-electron chi connectivity index (χ1n) is 10.1. The van der Waals surface area contributed by atoms with Gasteiger partial charge in [0.05, 0.1) is 17.3 Å². The van der Waals surface area contributed by atoms with Gasteiger partial charge < -0.3 is 20.7 Å². The monoisotopic (exact) mass is 449 g/mol. The summed E-state index contributed by atoms with van der Waals surface area (Å²) in [4.78, 5) is 15.2. The number of nitrogens with one attached hydrogen (secondary N) is 2. The van der Waals surface area contributed by atoms with Gasteiger partial charge in [0.15, 0.2) is 16.8 Å². The molecule has 0 aliphatic carbocycles. The maximum atomic E-state index is 8.59. The third-order valence-corrected chi connectivity index (χ3v) is 6.55. The van der Waals surface area contributed by atoms with Crippen LogP contribution in [-0.2, 0) is 4.74 Å². The molecule has 4 heterocycles. The van der Waals surface area contributed by atoms with Crippen LogP contribution in [-0.4, -0.2) is 53.5 Å². The highest BCUT2D eigenvalue weighted by Gasteiger charge is 2.38. The SMILES string of the molecule is CCNc1nccc(C(=N)c2nc(Cl)c(N3CCC4(CCOC4)CC3)nc2N)c1Cl. The average molecular weight is 450 g/mol. The lowest BCUT2D eigenvalue weighted by molar-refractivity contribution is 0.133. The number of halogens is 2. The van der Waals surface area contributed by atoms with Crippen LogP contribution in [0.25, 0.3) is 0 Å². The number of aromatic nitrogens is 3. The number of nitrogens with two attached hydrogens (primary N) is 1. The fourth-order valence-electron chi connectivity index (χ4n) is 4.10. The molecule has 0 radical (unpaired) electrons. The van der Waals surface area contributed by atoms with Crippen LogP contribution in [0.4, 0.5) is 17.5 Å². The number of anilines is 3. The van der Waals surface area contributed by atoms with Crippen molar-refractivity contribution in [2.24, 2.45) is 5.41 Å². The van der Waals surface area contributed by atoms with Crippen LogP contribution in [0.3, 0.4) is 0 Å². The molecule has 2 aromatic heterocycles. The van der Waals surface area contributed by atoms with Gasteiger partial charge in [-0.1, -0.05) is 23.2 Å². The van der Waals surface area contributed by atoms with E-state index in [0.29, 0.717) is 28.8 Å². The maximum Gasteiger partial charge on any atom is 0.172 e. The summed E-state index contributed by atoms with van der Waals surface area (Å²) in [5.74, 6) is 1.23. The minimum absolute atomic E-state index is 0.0562. The second kappa shape index (κ2) is 8.53. The lowest BCUT2D eigenvalue weighted by atomic mass is 9.78. The fourth-order valence-corrected chi connectivity index (χ4v) is 4.61. The van der Waals surface area contributed by atoms with Crippen LogP contribution >= 0.6 is 23.2 Å². The van der Waals surface area contributed by atoms with Crippen molar-refractivity contribution in [3.63, 3.8) is 0 Å². The molecular weight excluding hydrogens is 425 g/mol. The first-order chi connectivity index (χ1) is 14.4. The Bertz CT molecular complexity index is 952. The number of hydrogen-bond donors (Lipinski definition) is 3. The van der Waals surface area contributed by atoms with Crippen molar-refractivity contribution in [2.75, 3.05) is 48.8 Å². The van der Waals surface area contributed by atoms with E-state index in [2.05, 4.69) is 25.2 Å². The first-order valence-corrected chi connectivity index (χ1v) is 10.8. The fraction of sp³-hybridized carbons (Fsp3) is 0.500. The highest BCUT2D eigenvalue weighted by molar-refractivity contribution is 6.37. The minimum atomic E-state index is 0.0562. The van der Waals surface area contributed by atoms with Gasteiger partial charge in [0.1, 0.15) is 11.5 Å². The predicted octanol–water partition coefficient (Wildman–Crippen LogP) is 3.62. The van der Waals surface area contributed by atoms with Gasteiger partial charge in [-0.05, 0) is 37.7 Å². The summed E-state index contributed by atoms with van der Waals surface area (Å²) in [6, 6.07) is 1.65. The van der Waals surface area contributed by atoms with E-state index in [9.17, 15) is 0 Å². The van der Waals surface area contributed by atoms with E-state index < -0.39 is 0 Å². The second-order valence-electron chi connectivity index (χ2n) is 7.79. The number of rotatable bonds is 5. The molecule has 30 heavy (non-hydrogen) atoms. The van der Waals surface area contributed by atoms with Crippen molar-refractivity contribution in [1.82, 2.24) is 15.0 Å². The van der Waals surface area contributed by atoms with Crippen molar-refractivity contribution in [2.45, 2.75) is 26.2 Å². The number of nitrogen functional groups attached to an aromatic ring is 1. The molecular formula is C20H25Cl2N7O. The molecule has 0 atom stereocenters. The number of pyridine rings is 1. The molecule has 2 saturated heterocycles. The third-order valence-electron chi connectivity index (χ3n) is 5.91. The molecule has 4 rings (SSSR count). The van der Waals surface area contributed by atoms with Crippen LogP contribution in [0, 0.1) is 10.8 Å². The first kappa shape index (κ1) is 21.1. The van der Waals surface area contributed by atoms with E-state index in [-0.39, 0.29) is 27.8 Å². The molecule has 0 bridgehead atoms. The Hall–Kier alpha value is -2.16. The average Bonchev–Trinajstić information content (AvgIpc) is 3.19. The Morgan fingerprint density at radius 2 is 2.07 bits per heavy atom. The van der Waals surface area contributed by atoms with E-state index in [0.717, 1.165) is 45.6 Å². The quantitative estimate of drug-likeness (QED) is 0.597. The summed E-state index contributed by atoms with van der Waals surface area (Å²) < 4.78 is 5.60. The Kier molecular flexibility index (Phi) is 5.99. The van der Waals surface area contributed by atoms with Gasteiger partial charge in [0, 0.05) is 38.0 Å². The Morgan fingerprint density at radius 3 is 2.73 bits per heavy atom. The summed E-state index contributed by atoms with van der Waals surface area (Å²) in [5, 5.41) is 12.2. The predicted molar refractivity (Wildman–Crippen MR) is 120 cm³/mol. The summed E-state index contributed by atoms with van der Waals surface area (Å²) in [6.45, 7) is 5.94. The van der Waals surface area contributed by atoms with Gasteiger partial charge in [-0.25, -0.2) is 15.0 Å². The van der Waals surface area contributed by atoms with Crippen LogP contribution < -0.4 is 16.0 Å². The maximum absolute atomic E-state index is 8.59. The summed E-state index contributed by atoms with van der Waals surface area (Å²) >= 11 is 12.9. The Morgan fingerprint density at radius 1 is 1.30 bits per heavy atom. The molecule has 4 N–H and O–H groups in total. The van der Waals surface area contributed by atoms with Crippen LogP contribution in [0.1, 0.15) is 37.4 Å². The highest BCUT2D eigenvalue weighted by Crippen LogP contribution is 2.41. The number of hydrogen-bond acceptors (Lipinski definition) is 8. The highest BCUT2D eigenvalue weighted by atomic mass is 35.5. The molecule has 0 saturated carbocycles. The second-order valence-corrected chi connectivity index (χ2v) is 8.52. The normalized spacial score (nSPS) is 18.0. The van der Waals surface area contributed by atoms with E-state index >= 15 is 0 Å². The summed E-state index contributed by atoms with van der Waals surface area (Å²) in [6.07, 6.45) is 4.76. The van der Waals surface area contributed by atoms with Crippen LogP contribution in [0.2, 0.25) is 10.2 Å². The largest absolute Gasteiger partial charge is 0.382 e. The molecule has 8 nitrogen and oxygen atoms in total. The van der Waals surface area contributed by atoms with Gasteiger partial charge in [-0.2, -0.15) is 0 Å². The van der Waals surface area contributed by atoms with Crippen molar-refractivity contribution in [3.05, 3.63) is 33.7 Å². The number of nitrogens with zero attached hydrogens (tertiary/aromatic N) is 4. The Labute approximate surface area is 185 Å². The van der Waals surface area contributed by atoms with Gasteiger partial charge in [-0.15, -0.1) is 0 Å². The van der Waals surface area contributed by atoms with E-state index in [1.807, 2.05) is 6.92 Å². The standard InChI is InChI=1S/C20H25Cl2N7O/c1-2-25-18-13(21)12(3-7-26-18)14(23)15-17(24)28-19(16(22)27-15)29-8-4-20(5-9-29)6-10-30-11-20/h3,7,23H,2,4-6,8-11H2,1H3,(H2,24,28)(H,25,26). The molecule has 2 aliphatic rings. The van der Waals surface area contributed by atoms with Crippen molar-refractivity contribution >= 4 is 46.4 Å². The molecule has 0 aromatic carbocycles. The van der Waals surface area contributed by atoms with E-state index in [1.54, 1.807) is 12.3 Å². The van der Waals surface area contributed by atoms with E-state index in [1.165, 1.54) is 0 Å². The molecule has 0 amide bonds. The molecule has 10 heteroatoms.